The molecule has 4 nitrogen and oxygen atoms in total. The quantitative estimate of drug-likeness (QED) is 0.503. The minimum atomic E-state index is -1.08. The van der Waals surface area contributed by atoms with Gasteiger partial charge >= 0.3 is 5.97 Å². The zero-order valence-corrected chi connectivity index (χ0v) is 11.5. The number of carbonyl (C=O) groups is 1. The van der Waals surface area contributed by atoms with E-state index in [0.717, 1.165) is 6.07 Å². The number of carboxylic acid groups (broad SMARTS) is 1. The van der Waals surface area contributed by atoms with E-state index in [1.54, 1.807) is 6.07 Å². The Labute approximate surface area is 125 Å². The first-order chi connectivity index (χ1) is 10.5. The summed E-state index contributed by atoms with van der Waals surface area (Å²) in [6.45, 7) is 0. The van der Waals surface area contributed by atoms with Gasteiger partial charge < -0.3 is 10.3 Å². The second-order valence-electron chi connectivity index (χ2n) is 4.61. The van der Waals surface area contributed by atoms with Gasteiger partial charge in [-0.1, -0.05) is 29.4 Å². The monoisotopic (exact) mass is 305 g/mol. The van der Waals surface area contributed by atoms with E-state index in [9.17, 15) is 13.6 Å². The van der Waals surface area contributed by atoms with Crippen molar-refractivity contribution in [2.24, 2.45) is 5.16 Å². The second-order valence-corrected chi connectivity index (χ2v) is 4.61. The van der Waals surface area contributed by atoms with Gasteiger partial charge in [0, 0.05) is 17.5 Å². The lowest BCUT2D eigenvalue weighted by Gasteiger charge is -2.08. The molecule has 114 valence electrons. The van der Waals surface area contributed by atoms with Gasteiger partial charge in [0.25, 0.3) is 0 Å². The van der Waals surface area contributed by atoms with Crippen LogP contribution in [-0.2, 0) is 4.79 Å². The van der Waals surface area contributed by atoms with Crippen LogP contribution in [0.2, 0.25) is 0 Å². The van der Waals surface area contributed by atoms with Crippen LogP contribution in [0.5, 0.6) is 0 Å². The van der Waals surface area contributed by atoms with E-state index in [-0.39, 0.29) is 29.7 Å². The standard InChI is InChI=1S/C16H13F2NO3/c17-13-4-2-1-3-11(13)10-5-6-12(14(18)9-10)15(19-22)7-8-16(20)21/h1-6,9,22H,7-8H2,(H,20,21). The summed E-state index contributed by atoms with van der Waals surface area (Å²) in [7, 11) is 0. The molecule has 2 aromatic rings. The van der Waals surface area contributed by atoms with Crippen molar-refractivity contribution in [3.63, 3.8) is 0 Å². The van der Waals surface area contributed by atoms with Crippen molar-refractivity contribution in [2.45, 2.75) is 12.8 Å². The third-order valence-corrected chi connectivity index (χ3v) is 3.16. The molecule has 0 amide bonds. The number of aliphatic carboxylic acids is 1. The first-order valence-electron chi connectivity index (χ1n) is 6.50. The van der Waals surface area contributed by atoms with Crippen molar-refractivity contribution >= 4 is 11.7 Å². The molecule has 0 bridgehead atoms. The molecule has 6 heteroatoms. The van der Waals surface area contributed by atoms with Gasteiger partial charge in [-0.3, -0.25) is 4.79 Å². The molecule has 2 rings (SSSR count). The van der Waals surface area contributed by atoms with Crippen molar-refractivity contribution in [3.05, 3.63) is 59.7 Å². The van der Waals surface area contributed by atoms with Gasteiger partial charge in [-0.25, -0.2) is 8.78 Å². The maximum Gasteiger partial charge on any atom is 0.303 e. The Balaban J connectivity index is 2.34. The van der Waals surface area contributed by atoms with Crippen molar-refractivity contribution in [1.29, 1.82) is 0 Å². The lowest BCUT2D eigenvalue weighted by atomic mass is 9.99. The molecule has 0 saturated carbocycles. The molecule has 0 aliphatic rings. The van der Waals surface area contributed by atoms with Crippen LogP contribution >= 0.6 is 0 Å². The molecular weight excluding hydrogens is 292 g/mol. The van der Waals surface area contributed by atoms with E-state index in [1.807, 2.05) is 0 Å². The Kier molecular flexibility index (Phi) is 4.83. The van der Waals surface area contributed by atoms with Gasteiger partial charge in [-0.05, 0) is 23.8 Å². The highest BCUT2D eigenvalue weighted by atomic mass is 19.1. The first-order valence-corrected chi connectivity index (χ1v) is 6.50. The fourth-order valence-electron chi connectivity index (χ4n) is 2.08. The Morgan fingerprint density at radius 2 is 1.77 bits per heavy atom. The van der Waals surface area contributed by atoms with Gasteiger partial charge in [-0.15, -0.1) is 0 Å². The second kappa shape index (κ2) is 6.80. The summed E-state index contributed by atoms with van der Waals surface area (Å²) in [4.78, 5) is 10.5. The highest BCUT2D eigenvalue weighted by Crippen LogP contribution is 2.25. The SMILES string of the molecule is O=C(O)CCC(=NO)c1ccc(-c2ccccc2F)cc1F. The topological polar surface area (TPSA) is 69.9 Å². The predicted octanol–water partition coefficient (Wildman–Crippen LogP) is 3.67. The number of hydrogen-bond acceptors (Lipinski definition) is 3. The van der Waals surface area contributed by atoms with Crippen LogP contribution in [-0.4, -0.2) is 22.0 Å². The fourth-order valence-corrected chi connectivity index (χ4v) is 2.08. The highest BCUT2D eigenvalue weighted by Gasteiger charge is 2.14. The minimum Gasteiger partial charge on any atom is -0.481 e. The smallest absolute Gasteiger partial charge is 0.303 e. The molecule has 0 spiro atoms. The van der Waals surface area contributed by atoms with E-state index in [0.29, 0.717) is 5.56 Å². The van der Waals surface area contributed by atoms with Gasteiger partial charge in [0.15, 0.2) is 0 Å². The number of rotatable bonds is 5. The summed E-state index contributed by atoms with van der Waals surface area (Å²) >= 11 is 0. The molecule has 0 heterocycles. The summed E-state index contributed by atoms with van der Waals surface area (Å²) in [6, 6.07) is 9.92. The Morgan fingerprint density at radius 1 is 1.05 bits per heavy atom. The number of halogens is 2. The average molecular weight is 305 g/mol. The summed E-state index contributed by atoms with van der Waals surface area (Å²) < 4.78 is 27.9. The Hall–Kier alpha value is -2.76. The third-order valence-electron chi connectivity index (χ3n) is 3.16. The van der Waals surface area contributed by atoms with Crippen LogP contribution < -0.4 is 0 Å². The number of nitrogens with zero attached hydrogens (tertiary/aromatic N) is 1. The van der Waals surface area contributed by atoms with E-state index in [2.05, 4.69) is 5.16 Å². The van der Waals surface area contributed by atoms with Crippen LogP contribution in [0.4, 0.5) is 8.78 Å². The normalized spacial score (nSPS) is 11.5. The maximum absolute atomic E-state index is 14.2. The lowest BCUT2D eigenvalue weighted by Crippen LogP contribution is -2.07. The van der Waals surface area contributed by atoms with Crippen LogP contribution in [0, 0.1) is 11.6 Å². The Morgan fingerprint density at radius 3 is 2.36 bits per heavy atom. The molecule has 0 aliphatic carbocycles. The van der Waals surface area contributed by atoms with E-state index in [4.69, 9.17) is 10.3 Å². The molecular formula is C16H13F2NO3. The van der Waals surface area contributed by atoms with Crippen LogP contribution in [0.25, 0.3) is 11.1 Å². The summed E-state index contributed by atoms with van der Waals surface area (Å²) in [6.07, 6.45) is -0.393. The van der Waals surface area contributed by atoms with E-state index >= 15 is 0 Å². The Bertz CT molecular complexity index is 729. The van der Waals surface area contributed by atoms with Gasteiger partial charge in [0.05, 0.1) is 12.1 Å². The van der Waals surface area contributed by atoms with Gasteiger partial charge in [-0.2, -0.15) is 0 Å². The summed E-state index contributed by atoms with van der Waals surface area (Å²) in [5, 5.41) is 20.5. The van der Waals surface area contributed by atoms with Gasteiger partial charge in [0.1, 0.15) is 11.6 Å². The minimum absolute atomic E-state index is 0.0103. The van der Waals surface area contributed by atoms with Crippen LogP contribution in [0.1, 0.15) is 18.4 Å². The molecule has 0 fully saturated rings. The highest BCUT2D eigenvalue weighted by molar-refractivity contribution is 6.01. The summed E-state index contributed by atoms with van der Waals surface area (Å²) in [5.74, 6) is -2.26. The van der Waals surface area contributed by atoms with E-state index in [1.165, 1.54) is 30.3 Å². The molecule has 2 aromatic carbocycles. The first kappa shape index (κ1) is 15.6. The molecule has 0 radical (unpaired) electrons. The zero-order chi connectivity index (χ0) is 16.1. The number of hydrogen-bond donors (Lipinski definition) is 2. The van der Waals surface area contributed by atoms with Crippen molar-refractivity contribution in [3.8, 4) is 11.1 Å². The van der Waals surface area contributed by atoms with E-state index < -0.39 is 17.6 Å². The fraction of sp³-hybridized carbons (Fsp3) is 0.125. The van der Waals surface area contributed by atoms with Crippen molar-refractivity contribution < 1.29 is 23.9 Å². The third kappa shape index (κ3) is 3.46. The largest absolute Gasteiger partial charge is 0.481 e. The van der Waals surface area contributed by atoms with Crippen molar-refractivity contribution in [1.82, 2.24) is 0 Å². The molecule has 2 N–H and O–H groups in total. The number of carboxylic acids is 1. The van der Waals surface area contributed by atoms with Crippen LogP contribution in [0.15, 0.2) is 47.6 Å². The number of benzene rings is 2. The van der Waals surface area contributed by atoms with Crippen LogP contribution in [0.3, 0.4) is 0 Å². The number of oxime groups is 1. The molecule has 0 unspecified atom stereocenters. The lowest BCUT2D eigenvalue weighted by molar-refractivity contribution is -0.136. The summed E-state index contributed by atoms with van der Waals surface area (Å²) in [5.41, 5.74) is 0.514. The molecule has 0 aliphatic heterocycles. The zero-order valence-electron chi connectivity index (χ0n) is 11.5. The predicted molar refractivity (Wildman–Crippen MR) is 77.0 cm³/mol. The molecule has 22 heavy (non-hydrogen) atoms. The van der Waals surface area contributed by atoms with Crippen molar-refractivity contribution in [2.75, 3.05) is 0 Å². The molecule has 0 saturated heterocycles. The van der Waals surface area contributed by atoms with Gasteiger partial charge in [0.2, 0.25) is 0 Å². The molecule has 0 atom stereocenters. The molecule has 0 aromatic heterocycles. The maximum atomic E-state index is 14.2. The average Bonchev–Trinajstić information content (AvgIpc) is 2.49.